The number of hydrogen-bond acceptors (Lipinski definition) is 4. The van der Waals surface area contributed by atoms with Crippen molar-refractivity contribution in [2.75, 3.05) is 24.6 Å². The van der Waals surface area contributed by atoms with Crippen LogP contribution in [0.4, 0.5) is 0 Å². The average Bonchev–Trinajstić information content (AvgIpc) is 2.38. The van der Waals surface area contributed by atoms with Crippen LogP contribution in [-0.2, 0) is 9.84 Å². The lowest BCUT2D eigenvalue weighted by Crippen LogP contribution is -2.61. The van der Waals surface area contributed by atoms with E-state index < -0.39 is 9.84 Å². The molecule has 0 saturated carbocycles. The van der Waals surface area contributed by atoms with E-state index in [4.69, 9.17) is 0 Å². The summed E-state index contributed by atoms with van der Waals surface area (Å²) in [7, 11) is -2.75. The van der Waals surface area contributed by atoms with Gasteiger partial charge in [0.25, 0.3) is 0 Å². The van der Waals surface area contributed by atoms with E-state index in [0.29, 0.717) is 35.5 Å². The van der Waals surface area contributed by atoms with Gasteiger partial charge >= 0.3 is 0 Å². The molecule has 0 aromatic carbocycles. The van der Waals surface area contributed by atoms with Gasteiger partial charge in [-0.05, 0) is 25.2 Å². The largest absolute Gasteiger partial charge is 0.311 e. The molecule has 0 radical (unpaired) electrons. The smallest absolute Gasteiger partial charge is 0.150 e. The Balaban J connectivity index is 2.05. The van der Waals surface area contributed by atoms with E-state index in [9.17, 15) is 8.42 Å². The van der Waals surface area contributed by atoms with Crippen LogP contribution in [0.5, 0.6) is 0 Å². The zero-order chi connectivity index (χ0) is 14.0. The van der Waals surface area contributed by atoms with Gasteiger partial charge in [0.05, 0.1) is 11.5 Å². The van der Waals surface area contributed by atoms with Gasteiger partial charge in [0, 0.05) is 31.2 Å². The van der Waals surface area contributed by atoms with Gasteiger partial charge < -0.3 is 5.32 Å². The van der Waals surface area contributed by atoms with E-state index in [1.165, 1.54) is 0 Å². The summed E-state index contributed by atoms with van der Waals surface area (Å²) in [5.74, 6) is 1.37. The number of rotatable bonds is 3. The molecule has 2 fully saturated rings. The second kappa shape index (κ2) is 6.10. The lowest BCUT2D eigenvalue weighted by molar-refractivity contribution is 0.0501. The molecule has 2 unspecified atom stereocenters. The number of hydrogen-bond donors (Lipinski definition) is 1. The van der Waals surface area contributed by atoms with E-state index in [1.807, 2.05) is 0 Å². The molecule has 2 aliphatic rings. The standard InChI is InChI=1S/C14H28N2O2S/c1-4-12-10-16(14(9-15-12)11(2)3)13-5-7-19(17,18)8-6-13/h11-15H,4-10H2,1-3H3. The zero-order valence-electron chi connectivity index (χ0n) is 12.4. The third-order valence-corrected chi connectivity index (χ3v) is 6.44. The van der Waals surface area contributed by atoms with E-state index in [1.54, 1.807) is 0 Å². The van der Waals surface area contributed by atoms with Crippen LogP contribution in [0.1, 0.15) is 40.0 Å². The van der Waals surface area contributed by atoms with E-state index >= 15 is 0 Å². The Morgan fingerprint density at radius 3 is 2.42 bits per heavy atom. The van der Waals surface area contributed by atoms with Crippen LogP contribution in [0.25, 0.3) is 0 Å². The molecule has 0 spiro atoms. The average molecular weight is 288 g/mol. The molecule has 0 aromatic rings. The fourth-order valence-electron chi connectivity index (χ4n) is 3.38. The molecule has 4 nitrogen and oxygen atoms in total. The fraction of sp³-hybridized carbons (Fsp3) is 1.00. The third kappa shape index (κ3) is 3.70. The van der Waals surface area contributed by atoms with Crippen LogP contribution in [0.3, 0.4) is 0 Å². The van der Waals surface area contributed by atoms with Crippen molar-refractivity contribution in [2.45, 2.75) is 58.2 Å². The molecule has 2 rings (SSSR count). The summed E-state index contributed by atoms with van der Waals surface area (Å²) in [6.45, 7) is 8.87. The Kier molecular flexibility index (Phi) is 4.90. The summed E-state index contributed by atoms with van der Waals surface area (Å²) >= 11 is 0. The van der Waals surface area contributed by atoms with Crippen LogP contribution < -0.4 is 5.32 Å². The first-order chi connectivity index (χ1) is 8.93. The SMILES string of the molecule is CCC1CN(C2CCS(=O)(=O)CC2)C(C(C)C)CN1. The molecular weight excluding hydrogens is 260 g/mol. The first-order valence-corrected chi connectivity index (χ1v) is 9.44. The van der Waals surface area contributed by atoms with Crippen molar-refractivity contribution < 1.29 is 8.42 Å². The molecule has 0 bridgehead atoms. The molecule has 2 atom stereocenters. The van der Waals surface area contributed by atoms with Gasteiger partial charge in [-0.1, -0.05) is 20.8 Å². The van der Waals surface area contributed by atoms with Crippen molar-refractivity contribution in [1.29, 1.82) is 0 Å². The van der Waals surface area contributed by atoms with Crippen LogP contribution in [0.15, 0.2) is 0 Å². The van der Waals surface area contributed by atoms with Crippen molar-refractivity contribution in [3.8, 4) is 0 Å². The molecule has 1 N–H and O–H groups in total. The molecule has 0 amide bonds. The monoisotopic (exact) mass is 288 g/mol. The highest BCUT2D eigenvalue weighted by Crippen LogP contribution is 2.25. The topological polar surface area (TPSA) is 49.4 Å². The summed E-state index contributed by atoms with van der Waals surface area (Å²) < 4.78 is 23.2. The molecule has 112 valence electrons. The maximum atomic E-state index is 11.6. The summed E-state index contributed by atoms with van der Waals surface area (Å²) in [6.07, 6.45) is 2.79. The second-order valence-corrected chi connectivity index (χ2v) is 8.71. The molecule has 0 aliphatic carbocycles. The molecule has 2 heterocycles. The van der Waals surface area contributed by atoms with E-state index in [-0.39, 0.29) is 0 Å². The summed E-state index contributed by atoms with van der Waals surface area (Å²) in [4.78, 5) is 2.60. The number of sulfone groups is 1. The minimum absolute atomic E-state index is 0.378. The fourth-order valence-corrected chi connectivity index (χ4v) is 4.85. The van der Waals surface area contributed by atoms with Gasteiger partial charge in [-0.25, -0.2) is 8.42 Å². The molecule has 2 saturated heterocycles. The van der Waals surface area contributed by atoms with Gasteiger partial charge in [0.1, 0.15) is 9.84 Å². The Morgan fingerprint density at radius 2 is 1.89 bits per heavy atom. The Labute approximate surface area is 117 Å². The first-order valence-electron chi connectivity index (χ1n) is 7.62. The van der Waals surface area contributed by atoms with Crippen molar-refractivity contribution in [2.24, 2.45) is 5.92 Å². The van der Waals surface area contributed by atoms with Crippen LogP contribution in [0, 0.1) is 5.92 Å². The van der Waals surface area contributed by atoms with Gasteiger partial charge in [0.15, 0.2) is 0 Å². The Bertz CT molecular complexity index is 380. The molecular formula is C14H28N2O2S. The lowest BCUT2D eigenvalue weighted by Gasteiger charge is -2.47. The zero-order valence-corrected chi connectivity index (χ0v) is 13.2. The first kappa shape index (κ1) is 15.3. The normalized spacial score (nSPS) is 33.7. The lowest BCUT2D eigenvalue weighted by atomic mass is 9.94. The second-order valence-electron chi connectivity index (χ2n) is 6.40. The molecule has 0 aromatic heterocycles. The van der Waals surface area contributed by atoms with Gasteiger partial charge in [-0.2, -0.15) is 0 Å². The van der Waals surface area contributed by atoms with Gasteiger partial charge in [-0.3, -0.25) is 4.90 Å². The molecule has 19 heavy (non-hydrogen) atoms. The number of nitrogens with zero attached hydrogens (tertiary/aromatic N) is 1. The highest BCUT2D eigenvalue weighted by atomic mass is 32.2. The predicted molar refractivity (Wildman–Crippen MR) is 79.1 cm³/mol. The highest BCUT2D eigenvalue weighted by molar-refractivity contribution is 7.91. The van der Waals surface area contributed by atoms with Crippen molar-refractivity contribution in [1.82, 2.24) is 10.2 Å². The Morgan fingerprint density at radius 1 is 1.26 bits per heavy atom. The Hall–Kier alpha value is -0.130. The molecule has 5 heteroatoms. The van der Waals surface area contributed by atoms with Gasteiger partial charge in [0.2, 0.25) is 0 Å². The maximum absolute atomic E-state index is 11.6. The quantitative estimate of drug-likeness (QED) is 0.850. The summed E-state index contributed by atoms with van der Waals surface area (Å²) in [5.41, 5.74) is 0. The van der Waals surface area contributed by atoms with E-state index in [2.05, 4.69) is 31.0 Å². The van der Waals surface area contributed by atoms with E-state index in [0.717, 1.165) is 32.4 Å². The summed E-state index contributed by atoms with van der Waals surface area (Å²) in [5, 5.41) is 3.63. The minimum Gasteiger partial charge on any atom is -0.311 e. The number of piperazine rings is 1. The van der Waals surface area contributed by atoms with Crippen LogP contribution in [-0.4, -0.2) is 56.0 Å². The van der Waals surface area contributed by atoms with Crippen molar-refractivity contribution in [3.63, 3.8) is 0 Å². The summed E-state index contributed by atoms with van der Waals surface area (Å²) in [6, 6.07) is 1.58. The van der Waals surface area contributed by atoms with Crippen molar-refractivity contribution >= 4 is 9.84 Å². The maximum Gasteiger partial charge on any atom is 0.150 e. The van der Waals surface area contributed by atoms with Gasteiger partial charge in [-0.15, -0.1) is 0 Å². The number of nitrogens with one attached hydrogen (secondary N) is 1. The molecule has 2 aliphatic heterocycles. The predicted octanol–water partition coefficient (Wildman–Crippen LogP) is 1.27. The third-order valence-electron chi connectivity index (χ3n) is 4.73. The van der Waals surface area contributed by atoms with Crippen LogP contribution in [0.2, 0.25) is 0 Å². The minimum atomic E-state index is -2.75. The van der Waals surface area contributed by atoms with Crippen LogP contribution >= 0.6 is 0 Å². The highest BCUT2D eigenvalue weighted by Gasteiger charge is 2.36. The van der Waals surface area contributed by atoms with Crippen molar-refractivity contribution in [3.05, 3.63) is 0 Å².